The lowest BCUT2D eigenvalue weighted by molar-refractivity contribution is 0.102. The first-order chi connectivity index (χ1) is 10.2. The highest BCUT2D eigenvalue weighted by atomic mass is 35.5. The van der Waals surface area contributed by atoms with Crippen LogP contribution in [0.5, 0.6) is 5.75 Å². The van der Waals surface area contributed by atoms with E-state index in [0.29, 0.717) is 22.0 Å². The molecule has 0 radical (unpaired) electrons. The summed E-state index contributed by atoms with van der Waals surface area (Å²) in [4.78, 5) is 12.2. The SMILES string of the molecule is CC(C)(C)Oc1ccc(NC(=O)c2ccc(Cl)c(N)c2)cc1. The summed E-state index contributed by atoms with van der Waals surface area (Å²) in [6.45, 7) is 5.94. The maximum absolute atomic E-state index is 12.2. The fourth-order valence-electron chi connectivity index (χ4n) is 1.85. The molecule has 0 fully saturated rings. The van der Waals surface area contributed by atoms with Gasteiger partial charge in [0, 0.05) is 11.3 Å². The van der Waals surface area contributed by atoms with E-state index in [0.717, 1.165) is 5.75 Å². The topological polar surface area (TPSA) is 64.3 Å². The molecular weight excluding hydrogens is 300 g/mol. The summed E-state index contributed by atoms with van der Waals surface area (Å²) in [5.74, 6) is 0.508. The number of carbonyl (C=O) groups is 1. The highest BCUT2D eigenvalue weighted by molar-refractivity contribution is 6.33. The van der Waals surface area contributed by atoms with Crippen molar-refractivity contribution in [3.63, 3.8) is 0 Å². The number of nitrogens with one attached hydrogen (secondary N) is 1. The van der Waals surface area contributed by atoms with E-state index < -0.39 is 0 Å². The van der Waals surface area contributed by atoms with Gasteiger partial charge >= 0.3 is 0 Å². The minimum Gasteiger partial charge on any atom is -0.488 e. The molecule has 3 N–H and O–H groups in total. The van der Waals surface area contributed by atoms with E-state index in [4.69, 9.17) is 22.1 Å². The van der Waals surface area contributed by atoms with Crippen molar-refractivity contribution in [2.24, 2.45) is 0 Å². The quantitative estimate of drug-likeness (QED) is 0.827. The standard InChI is InChI=1S/C17H19ClN2O2/c1-17(2,3)22-13-7-5-12(6-8-13)20-16(21)11-4-9-14(18)15(19)10-11/h4-10H,19H2,1-3H3,(H,20,21). The number of carbonyl (C=O) groups excluding carboxylic acids is 1. The maximum atomic E-state index is 12.2. The summed E-state index contributed by atoms with van der Waals surface area (Å²) in [6, 6.07) is 12.0. The van der Waals surface area contributed by atoms with Crippen LogP contribution in [0.2, 0.25) is 5.02 Å². The highest BCUT2D eigenvalue weighted by Gasteiger charge is 2.12. The van der Waals surface area contributed by atoms with Gasteiger partial charge in [-0.1, -0.05) is 11.6 Å². The minimum atomic E-state index is -0.258. The molecule has 0 bridgehead atoms. The van der Waals surface area contributed by atoms with Gasteiger partial charge in [-0.3, -0.25) is 4.79 Å². The van der Waals surface area contributed by atoms with Crippen molar-refractivity contribution in [1.29, 1.82) is 0 Å². The highest BCUT2D eigenvalue weighted by Crippen LogP contribution is 2.22. The van der Waals surface area contributed by atoms with Gasteiger partial charge in [0.25, 0.3) is 5.91 Å². The number of nitrogens with two attached hydrogens (primary N) is 1. The summed E-state index contributed by atoms with van der Waals surface area (Å²) in [6.07, 6.45) is 0. The molecule has 0 saturated carbocycles. The molecule has 0 unspecified atom stereocenters. The molecule has 0 aliphatic rings. The minimum absolute atomic E-state index is 0.243. The predicted octanol–water partition coefficient (Wildman–Crippen LogP) is 4.35. The van der Waals surface area contributed by atoms with Crippen LogP contribution in [0.15, 0.2) is 42.5 Å². The molecule has 2 rings (SSSR count). The van der Waals surface area contributed by atoms with Crippen LogP contribution in [0.1, 0.15) is 31.1 Å². The number of halogens is 1. The van der Waals surface area contributed by atoms with Gasteiger partial charge in [0.1, 0.15) is 11.4 Å². The summed E-state index contributed by atoms with van der Waals surface area (Å²) < 4.78 is 5.73. The Morgan fingerprint density at radius 1 is 1.14 bits per heavy atom. The van der Waals surface area contributed by atoms with E-state index in [1.165, 1.54) is 0 Å². The van der Waals surface area contributed by atoms with Crippen molar-refractivity contribution in [2.45, 2.75) is 26.4 Å². The van der Waals surface area contributed by atoms with Crippen LogP contribution in [-0.4, -0.2) is 11.5 Å². The Bertz CT molecular complexity index is 676. The molecule has 5 heteroatoms. The smallest absolute Gasteiger partial charge is 0.255 e. The van der Waals surface area contributed by atoms with Gasteiger partial charge in [0.15, 0.2) is 0 Å². The second kappa shape index (κ2) is 6.28. The van der Waals surface area contributed by atoms with Gasteiger partial charge in [-0.2, -0.15) is 0 Å². The van der Waals surface area contributed by atoms with Crippen LogP contribution in [-0.2, 0) is 0 Å². The van der Waals surface area contributed by atoms with E-state index in [9.17, 15) is 4.79 Å². The number of nitrogen functional groups attached to an aromatic ring is 1. The van der Waals surface area contributed by atoms with Crippen molar-refractivity contribution in [1.82, 2.24) is 0 Å². The molecule has 0 heterocycles. The largest absolute Gasteiger partial charge is 0.488 e. The van der Waals surface area contributed by atoms with Crippen molar-refractivity contribution in [2.75, 3.05) is 11.1 Å². The first-order valence-electron chi connectivity index (χ1n) is 6.90. The molecule has 116 valence electrons. The summed E-state index contributed by atoms with van der Waals surface area (Å²) in [7, 11) is 0. The van der Waals surface area contributed by atoms with Gasteiger partial charge in [0.05, 0.1) is 10.7 Å². The normalized spacial score (nSPS) is 11.1. The first-order valence-corrected chi connectivity index (χ1v) is 7.28. The van der Waals surface area contributed by atoms with E-state index in [-0.39, 0.29) is 11.5 Å². The van der Waals surface area contributed by atoms with Crippen molar-refractivity contribution < 1.29 is 9.53 Å². The fraction of sp³-hybridized carbons (Fsp3) is 0.235. The lowest BCUT2D eigenvalue weighted by Gasteiger charge is -2.21. The summed E-state index contributed by atoms with van der Waals surface area (Å²) >= 11 is 5.85. The predicted molar refractivity (Wildman–Crippen MR) is 90.6 cm³/mol. The molecule has 0 aliphatic heterocycles. The lowest BCUT2D eigenvalue weighted by atomic mass is 10.1. The van der Waals surface area contributed by atoms with Crippen LogP contribution in [0.25, 0.3) is 0 Å². The van der Waals surface area contributed by atoms with Crippen LogP contribution < -0.4 is 15.8 Å². The Labute approximate surface area is 135 Å². The number of rotatable bonds is 3. The molecule has 22 heavy (non-hydrogen) atoms. The third-order valence-corrected chi connectivity index (χ3v) is 3.14. The monoisotopic (exact) mass is 318 g/mol. The van der Waals surface area contributed by atoms with E-state index >= 15 is 0 Å². The van der Waals surface area contributed by atoms with Crippen molar-refractivity contribution in [3.05, 3.63) is 53.1 Å². The molecule has 2 aromatic rings. The molecule has 0 aliphatic carbocycles. The Balaban J connectivity index is 2.07. The van der Waals surface area contributed by atoms with Gasteiger partial charge in [-0.25, -0.2) is 0 Å². The lowest BCUT2D eigenvalue weighted by Crippen LogP contribution is -2.22. The average molecular weight is 319 g/mol. The summed E-state index contributed by atoms with van der Waals surface area (Å²) in [5.41, 5.74) is 6.96. The molecule has 0 spiro atoms. The molecule has 0 aromatic heterocycles. The zero-order valence-electron chi connectivity index (χ0n) is 12.8. The van der Waals surface area contributed by atoms with Gasteiger partial charge in [-0.15, -0.1) is 0 Å². The zero-order valence-corrected chi connectivity index (χ0v) is 13.6. The molecular formula is C17H19ClN2O2. The second-order valence-corrected chi connectivity index (χ2v) is 6.34. The first kappa shape index (κ1) is 16.2. The molecule has 1 amide bonds. The molecule has 0 saturated heterocycles. The molecule has 4 nitrogen and oxygen atoms in total. The number of anilines is 2. The van der Waals surface area contributed by atoms with E-state index in [2.05, 4.69) is 5.32 Å². The fourth-order valence-corrected chi connectivity index (χ4v) is 1.97. The zero-order chi connectivity index (χ0) is 16.3. The maximum Gasteiger partial charge on any atom is 0.255 e. The van der Waals surface area contributed by atoms with Gasteiger partial charge < -0.3 is 15.8 Å². The van der Waals surface area contributed by atoms with Crippen LogP contribution in [0.4, 0.5) is 11.4 Å². The van der Waals surface area contributed by atoms with Crippen molar-refractivity contribution >= 4 is 28.9 Å². The molecule has 0 atom stereocenters. The number of hydrogen-bond donors (Lipinski definition) is 2. The number of ether oxygens (including phenoxy) is 1. The number of benzene rings is 2. The van der Waals surface area contributed by atoms with E-state index in [1.54, 1.807) is 30.3 Å². The summed E-state index contributed by atoms with van der Waals surface area (Å²) in [5, 5.41) is 3.23. The van der Waals surface area contributed by atoms with E-state index in [1.807, 2.05) is 32.9 Å². The van der Waals surface area contributed by atoms with Crippen LogP contribution >= 0.6 is 11.6 Å². The Morgan fingerprint density at radius 3 is 2.32 bits per heavy atom. The van der Waals surface area contributed by atoms with Crippen molar-refractivity contribution in [3.8, 4) is 5.75 Å². The third-order valence-electron chi connectivity index (χ3n) is 2.79. The number of amides is 1. The Hall–Kier alpha value is -2.20. The van der Waals surface area contributed by atoms with Crippen LogP contribution in [0.3, 0.4) is 0 Å². The van der Waals surface area contributed by atoms with Crippen LogP contribution in [0, 0.1) is 0 Å². The Kier molecular flexibility index (Phi) is 4.62. The Morgan fingerprint density at radius 2 is 1.77 bits per heavy atom. The van der Waals surface area contributed by atoms with Gasteiger partial charge in [-0.05, 0) is 63.2 Å². The second-order valence-electron chi connectivity index (χ2n) is 5.93. The molecule has 2 aromatic carbocycles. The number of hydrogen-bond acceptors (Lipinski definition) is 3. The third kappa shape index (κ3) is 4.40. The van der Waals surface area contributed by atoms with Gasteiger partial charge in [0.2, 0.25) is 0 Å². The average Bonchev–Trinajstić information content (AvgIpc) is 2.42.